The van der Waals surface area contributed by atoms with Crippen molar-refractivity contribution in [2.45, 2.75) is 13.8 Å². The first-order valence-electron chi connectivity index (χ1n) is 3.15. The fourth-order valence-electron chi connectivity index (χ4n) is 0.636. The van der Waals surface area contributed by atoms with Crippen LogP contribution in [0.5, 0.6) is 0 Å². The summed E-state index contributed by atoms with van der Waals surface area (Å²) in [5.74, 6) is 0. The summed E-state index contributed by atoms with van der Waals surface area (Å²) in [6.45, 7) is 5.36. The van der Waals surface area contributed by atoms with Crippen molar-refractivity contribution < 1.29 is 4.79 Å². The topological polar surface area (TPSA) is 34.4 Å². The highest BCUT2D eigenvalue weighted by atomic mass is 16.2. The van der Waals surface area contributed by atoms with E-state index in [0.29, 0.717) is 0 Å². The third-order valence-electron chi connectivity index (χ3n) is 1.23. The molecule has 0 aromatic heterocycles. The molecule has 0 aliphatic heterocycles. The van der Waals surface area contributed by atoms with Gasteiger partial charge in [0.2, 0.25) is 0 Å². The molecular weight excluding hydrogens is 116 g/mol. The lowest BCUT2D eigenvalue weighted by Gasteiger charge is -2.15. The molecule has 0 aromatic rings. The van der Waals surface area contributed by atoms with Crippen molar-refractivity contribution in [1.82, 2.24) is 10.2 Å². The van der Waals surface area contributed by atoms with Gasteiger partial charge in [0.05, 0.1) is 0 Å². The van der Waals surface area contributed by atoms with Gasteiger partial charge in [-0.15, -0.1) is 0 Å². The van der Waals surface area contributed by atoms with E-state index >= 15 is 0 Å². The van der Waals surface area contributed by atoms with Gasteiger partial charge in [-0.25, -0.2) is 10.1 Å². The van der Waals surface area contributed by atoms with Crippen LogP contribution in [0, 0.1) is 0 Å². The monoisotopic (exact) mass is 129 g/mol. The molecule has 0 aliphatic carbocycles. The molecule has 2 amide bonds. The lowest BCUT2D eigenvalue weighted by molar-refractivity contribution is 0.205. The molecule has 0 bridgehead atoms. The van der Waals surface area contributed by atoms with E-state index < -0.39 is 0 Å². The van der Waals surface area contributed by atoms with Gasteiger partial charge in [-0.3, -0.25) is 0 Å². The van der Waals surface area contributed by atoms with Crippen molar-refractivity contribution in [3.8, 4) is 0 Å². The molecule has 0 saturated carbocycles. The first-order chi connectivity index (χ1) is 4.26. The van der Waals surface area contributed by atoms with E-state index in [-0.39, 0.29) is 6.03 Å². The minimum Gasteiger partial charge on any atom is -0.324 e. The maximum absolute atomic E-state index is 10.7. The van der Waals surface area contributed by atoms with E-state index in [1.165, 1.54) is 7.05 Å². The van der Waals surface area contributed by atoms with Crippen molar-refractivity contribution in [2.75, 3.05) is 20.1 Å². The van der Waals surface area contributed by atoms with Crippen molar-refractivity contribution in [1.29, 1.82) is 0 Å². The Balaban J connectivity index is 3.64. The molecule has 0 rings (SSSR count). The molecule has 0 atom stereocenters. The molecule has 0 fully saturated rings. The molecule has 53 valence electrons. The summed E-state index contributed by atoms with van der Waals surface area (Å²) in [6.07, 6.45) is 0. The minimum absolute atomic E-state index is 0.125. The summed E-state index contributed by atoms with van der Waals surface area (Å²) in [6, 6.07) is -0.125. The Kier molecular flexibility index (Phi) is 3.84. The van der Waals surface area contributed by atoms with Crippen LogP contribution in [0.1, 0.15) is 13.8 Å². The van der Waals surface area contributed by atoms with Gasteiger partial charge < -0.3 is 4.90 Å². The third-order valence-corrected chi connectivity index (χ3v) is 1.23. The molecule has 0 heterocycles. The lowest BCUT2D eigenvalue weighted by atomic mass is 10.5. The minimum atomic E-state index is -0.125. The zero-order valence-corrected chi connectivity index (χ0v) is 6.22. The fourth-order valence-corrected chi connectivity index (χ4v) is 0.636. The second kappa shape index (κ2) is 4.18. The van der Waals surface area contributed by atoms with Crippen LogP contribution in [-0.2, 0) is 0 Å². The highest BCUT2D eigenvalue weighted by Gasteiger charge is 2.05. The molecule has 0 aromatic carbocycles. The molecule has 0 unspecified atom stereocenters. The Morgan fingerprint density at radius 1 is 1.44 bits per heavy atom. The van der Waals surface area contributed by atoms with Crippen LogP contribution in [-0.4, -0.2) is 31.1 Å². The first kappa shape index (κ1) is 8.27. The lowest BCUT2D eigenvalue weighted by Crippen LogP contribution is -2.34. The number of nitrogens with zero attached hydrogens (tertiary/aromatic N) is 2. The van der Waals surface area contributed by atoms with Gasteiger partial charge in [-0.05, 0) is 13.8 Å². The second-order valence-electron chi connectivity index (χ2n) is 1.68. The quantitative estimate of drug-likeness (QED) is 0.540. The molecule has 0 aliphatic rings. The molecule has 9 heavy (non-hydrogen) atoms. The molecular formula is C6H13N2O. The van der Waals surface area contributed by atoms with Crippen LogP contribution < -0.4 is 5.32 Å². The number of hydrogen-bond acceptors (Lipinski definition) is 1. The van der Waals surface area contributed by atoms with Crippen LogP contribution in [0.25, 0.3) is 0 Å². The summed E-state index contributed by atoms with van der Waals surface area (Å²) in [4.78, 5) is 12.4. The van der Waals surface area contributed by atoms with Gasteiger partial charge in [0.15, 0.2) is 0 Å². The Labute approximate surface area is 56.0 Å². The number of amides is 2. The third kappa shape index (κ3) is 2.35. The van der Waals surface area contributed by atoms with E-state index in [0.717, 1.165) is 13.1 Å². The van der Waals surface area contributed by atoms with Crippen molar-refractivity contribution >= 4 is 6.03 Å². The standard InChI is InChI=1S/C6H13N2O/c1-4-8(5-2)6(9)7-3/h4-5H2,1-3H3. The normalized spacial score (nSPS) is 8.78. The van der Waals surface area contributed by atoms with Gasteiger partial charge >= 0.3 is 6.03 Å². The zero-order chi connectivity index (χ0) is 7.28. The van der Waals surface area contributed by atoms with E-state index in [1.807, 2.05) is 13.8 Å². The molecule has 0 spiro atoms. The Morgan fingerprint density at radius 3 is 2.00 bits per heavy atom. The predicted octanol–water partition coefficient (Wildman–Crippen LogP) is 0.682. The van der Waals surface area contributed by atoms with E-state index in [2.05, 4.69) is 5.32 Å². The SMILES string of the molecule is CCN(CC)C(=O)[N]C. The Morgan fingerprint density at radius 2 is 1.89 bits per heavy atom. The number of carbonyl (C=O) groups is 1. The molecule has 0 saturated heterocycles. The zero-order valence-electron chi connectivity index (χ0n) is 6.22. The Hall–Kier alpha value is -0.730. The predicted molar refractivity (Wildman–Crippen MR) is 36.4 cm³/mol. The van der Waals surface area contributed by atoms with Crippen LogP contribution in [0.15, 0.2) is 0 Å². The Bertz CT molecular complexity index is 89.1. The molecule has 3 heteroatoms. The van der Waals surface area contributed by atoms with Gasteiger partial charge in [0.1, 0.15) is 0 Å². The summed E-state index contributed by atoms with van der Waals surface area (Å²) in [7, 11) is 1.51. The van der Waals surface area contributed by atoms with Crippen LogP contribution in [0.3, 0.4) is 0 Å². The number of hydrogen-bond donors (Lipinski definition) is 0. The van der Waals surface area contributed by atoms with Crippen molar-refractivity contribution in [3.05, 3.63) is 0 Å². The number of urea groups is 1. The summed E-state index contributed by atoms with van der Waals surface area (Å²) < 4.78 is 0. The van der Waals surface area contributed by atoms with Crippen molar-refractivity contribution in [2.24, 2.45) is 0 Å². The van der Waals surface area contributed by atoms with Gasteiger partial charge in [0.25, 0.3) is 0 Å². The van der Waals surface area contributed by atoms with Gasteiger partial charge in [-0.2, -0.15) is 0 Å². The summed E-state index contributed by atoms with van der Waals surface area (Å²) in [5, 5.41) is 3.52. The highest BCUT2D eigenvalue weighted by molar-refractivity contribution is 5.73. The maximum Gasteiger partial charge on any atom is 0.338 e. The van der Waals surface area contributed by atoms with Crippen LogP contribution >= 0.6 is 0 Å². The molecule has 0 N–H and O–H groups in total. The summed E-state index contributed by atoms with van der Waals surface area (Å²) in [5.41, 5.74) is 0. The van der Waals surface area contributed by atoms with E-state index in [4.69, 9.17) is 0 Å². The van der Waals surface area contributed by atoms with Gasteiger partial charge in [-0.1, -0.05) is 0 Å². The smallest absolute Gasteiger partial charge is 0.324 e. The van der Waals surface area contributed by atoms with E-state index in [9.17, 15) is 4.79 Å². The van der Waals surface area contributed by atoms with E-state index in [1.54, 1.807) is 4.90 Å². The highest BCUT2D eigenvalue weighted by Crippen LogP contribution is 1.86. The fraction of sp³-hybridized carbons (Fsp3) is 0.833. The molecule has 3 nitrogen and oxygen atoms in total. The van der Waals surface area contributed by atoms with Crippen LogP contribution in [0.4, 0.5) is 4.79 Å². The summed E-state index contributed by atoms with van der Waals surface area (Å²) >= 11 is 0. The maximum atomic E-state index is 10.7. The molecule has 1 radical (unpaired) electrons. The van der Waals surface area contributed by atoms with Crippen molar-refractivity contribution in [3.63, 3.8) is 0 Å². The first-order valence-corrected chi connectivity index (χ1v) is 3.15. The van der Waals surface area contributed by atoms with Crippen LogP contribution in [0.2, 0.25) is 0 Å². The number of carbonyl (C=O) groups excluding carboxylic acids is 1. The van der Waals surface area contributed by atoms with Gasteiger partial charge in [0, 0.05) is 20.1 Å². The average molecular weight is 129 g/mol. The average Bonchev–Trinajstić information content (AvgIpc) is 1.90. The largest absolute Gasteiger partial charge is 0.338 e. The second-order valence-corrected chi connectivity index (χ2v) is 1.68. The number of rotatable bonds is 2.